The van der Waals surface area contributed by atoms with Crippen molar-refractivity contribution >= 4 is 28.7 Å². The van der Waals surface area contributed by atoms with Crippen molar-refractivity contribution in [3.8, 4) is 0 Å². The van der Waals surface area contributed by atoms with Crippen molar-refractivity contribution in [1.82, 2.24) is 4.98 Å². The number of fused-ring (bicyclic) bond motifs is 1. The molecule has 2 rings (SSSR count). The average Bonchev–Trinajstić information content (AvgIpc) is 2.46. The first-order valence-corrected chi connectivity index (χ1v) is 3.82. The summed E-state index contributed by atoms with van der Waals surface area (Å²) in [6, 6.07) is 4.66. The zero-order valence-electron chi connectivity index (χ0n) is 7.28. The van der Waals surface area contributed by atoms with Gasteiger partial charge in [0.15, 0.2) is 5.58 Å². The van der Waals surface area contributed by atoms with Crippen molar-refractivity contribution in [1.29, 1.82) is 0 Å². The molecule has 1 aromatic heterocycles. The summed E-state index contributed by atoms with van der Waals surface area (Å²) < 4.78 is 4.85. The van der Waals surface area contributed by atoms with E-state index in [1.54, 1.807) is 12.1 Å². The number of hydrogen-bond donors (Lipinski definition) is 0. The molecule has 2 aromatic rings. The van der Waals surface area contributed by atoms with Crippen molar-refractivity contribution in [2.24, 2.45) is 0 Å². The molecule has 0 unspecified atom stereocenters. The third kappa shape index (κ3) is 2.09. The summed E-state index contributed by atoms with van der Waals surface area (Å²) in [5.74, 6) is -1.87. The maximum Gasteiger partial charge on any atom is 1.00 e. The molecule has 0 bridgehead atoms. The molecule has 14 heavy (non-hydrogen) atoms. The van der Waals surface area contributed by atoms with E-state index in [4.69, 9.17) is 16.0 Å². The standard InChI is InChI=1S/C8H4ClNO3.Na/c9-4-1-2-6-5(3-4)10-7(13-6)8(11)12;/h1-3H,(H,11,12);/q;+1/p-1. The number of carbonyl (C=O) groups excluding carboxylic acids is 1. The van der Waals surface area contributed by atoms with E-state index in [0.29, 0.717) is 16.1 Å². The third-order valence-corrected chi connectivity index (χ3v) is 1.76. The van der Waals surface area contributed by atoms with E-state index in [0.717, 1.165) is 0 Å². The summed E-state index contributed by atoms with van der Waals surface area (Å²) in [4.78, 5) is 14.0. The number of aromatic nitrogens is 1. The molecule has 0 saturated heterocycles. The maximum absolute atomic E-state index is 10.4. The van der Waals surface area contributed by atoms with Gasteiger partial charge in [0.25, 0.3) is 0 Å². The second-order valence-electron chi connectivity index (χ2n) is 2.42. The fourth-order valence-corrected chi connectivity index (χ4v) is 1.15. The van der Waals surface area contributed by atoms with E-state index >= 15 is 0 Å². The molecule has 4 nitrogen and oxygen atoms in total. The van der Waals surface area contributed by atoms with Crippen LogP contribution >= 0.6 is 11.6 Å². The Kier molecular flexibility index (Phi) is 3.55. The third-order valence-electron chi connectivity index (χ3n) is 1.52. The van der Waals surface area contributed by atoms with Gasteiger partial charge in [-0.05, 0) is 18.2 Å². The van der Waals surface area contributed by atoms with Gasteiger partial charge in [0.2, 0.25) is 5.89 Å². The molecule has 66 valence electrons. The van der Waals surface area contributed by atoms with E-state index in [1.807, 2.05) is 0 Å². The summed E-state index contributed by atoms with van der Waals surface area (Å²) in [5, 5.41) is 10.8. The monoisotopic (exact) mass is 219 g/mol. The number of oxazole rings is 1. The fourth-order valence-electron chi connectivity index (χ4n) is 0.988. The molecular formula is C8H3ClNNaO3. The maximum atomic E-state index is 10.4. The quantitative estimate of drug-likeness (QED) is 0.513. The van der Waals surface area contributed by atoms with E-state index < -0.39 is 11.9 Å². The number of carboxylic acid groups (broad SMARTS) is 1. The minimum Gasteiger partial charge on any atom is -0.540 e. The number of hydrogen-bond acceptors (Lipinski definition) is 4. The molecule has 0 atom stereocenters. The number of carboxylic acids is 1. The Labute approximate surface area is 106 Å². The summed E-state index contributed by atoms with van der Waals surface area (Å²) in [7, 11) is 0. The van der Waals surface area contributed by atoms with Crippen LogP contribution < -0.4 is 34.7 Å². The van der Waals surface area contributed by atoms with E-state index in [-0.39, 0.29) is 29.6 Å². The van der Waals surface area contributed by atoms with Crippen molar-refractivity contribution in [2.45, 2.75) is 0 Å². The summed E-state index contributed by atoms with van der Waals surface area (Å²) >= 11 is 5.66. The van der Waals surface area contributed by atoms with Gasteiger partial charge in [-0.2, -0.15) is 0 Å². The van der Waals surface area contributed by atoms with Crippen LogP contribution in [0.15, 0.2) is 22.6 Å². The van der Waals surface area contributed by atoms with Gasteiger partial charge in [0.1, 0.15) is 11.5 Å². The molecule has 0 spiro atoms. The van der Waals surface area contributed by atoms with Crippen molar-refractivity contribution < 1.29 is 43.9 Å². The normalized spacial score (nSPS) is 9.79. The molecule has 0 aliphatic heterocycles. The molecule has 6 heteroatoms. The average molecular weight is 220 g/mol. The van der Waals surface area contributed by atoms with Gasteiger partial charge in [0, 0.05) is 5.02 Å². The van der Waals surface area contributed by atoms with Crippen molar-refractivity contribution in [3.05, 3.63) is 29.1 Å². The van der Waals surface area contributed by atoms with Crippen molar-refractivity contribution in [3.63, 3.8) is 0 Å². The van der Waals surface area contributed by atoms with Crippen LogP contribution in [-0.2, 0) is 0 Å². The second-order valence-corrected chi connectivity index (χ2v) is 2.85. The van der Waals surface area contributed by atoms with Crippen LogP contribution in [0.4, 0.5) is 0 Å². The molecule has 1 heterocycles. The van der Waals surface area contributed by atoms with Gasteiger partial charge >= 0.3 is 29.6 Å². The molecular weight excluding hydrogens is 217 g/mol. The molecule has 0 aliphatic carbocycles. The topological polar surface area (TPSA) is 66.2 Å². The van der Waals surface area contributed by atoms with Crippen molar-refractivity contribution in [2.75, 3.05) is 0 Å². The Morgan fingerprint density at radius 3 is 2.86 bits per heavy atom. The number of aromatic carboxylic acids is 1. The van der Waals surface area contributed by atoms with Gasteiger partial charge in [-0.15, -0.1) is 0 Å². The van der Waals surface area contributed by atoms with E-state index in [1.165, 1.54) is 6.07 Å². The Hall–Kier alpha value is -0.550. The number of benzene rings is 1. The van der Waals surface area contributed by atoms with Gasteiger partial charge in [-0.1, -0.05) is 11.6 Å². The first kappa shape index (κ1) is 11.5. The van der Waals surface area contributed by atoms with Gasteiger partial charge in [0.05, 0.1) is 0 Å². The zero-order chi connectivity index (χ0) is 9.42. The Bertz CT molecular complexity index is 482. The summed E-state index contributed by atoms with van der Waals surface area (Å²) in [6.45, 7) is 0. The number of halogens is 1. The predicted molar refractivity (Wildman–Crippen MR) is 43.3 cm³/mol. The molecule has 0 fully saturated rings. The number of rotatable bonds is 1. The molecule has 0 amide bonds. The molecule has 0 radical (unpaired) electrons. The van der Waals surface area contributed by atoms with Crippen LogP contribution in [0, 0.1) is 0 Å². The molecule has 0 saturated carbocycles. The Morgan fingerprint density at radius 2 is 2.21 bits per heavy atom. The Morgan fingerprint density at radius 1 is 1.50 bits per heavy atom. The summed E-state index contributed by atoms with van der Waals surface area (Å²) in [5.41, 5.74) is 0.787. The first-order chi connectivity index (χ1) is 6.16. The number of nitrogens with zero attached hydrogens (tertiary/aromatic N) is 1. The summed E-state index contributed by atoms with van der Waals surface area (Å²) in [6.07, 6.45) is 0. The van der Waals surface area contributed by atoms with Crippen LogP contribution in [0.5, 0.6) is 0 Å². The minimum absolute atomic E-state index is 0. The predicted octanol–water partition coefficient (Wildman–Crippen LogP) is -2.15. The number of carbonyl (C=O) groups is 1. The van der Waals surface area contributed by atoms with Crippen LogP contribution in [0.2, 0.25) is 5.02 Å². The van der Waals surface area contributed by atoms with E-state index in [2.05, 4.69) is 4.98 Å². The Balaban J connectivity index is 0.000000980. The smallest absolute Gasteiger partial charge is 0.540 e. The zero-order valence-corrected chi connectivity index (χ0v) is 10.0. The van der Waals surface area contributed by atoms with Crippen LogP contribution in [0.1, 0.15) is 10.7 Å². The SMILES string of the molecule is O=C([O-])c1nc2cc(Cl)ccc2o1.[Na+]. The fraction of sp³-hybridized carbons (Fsp3) is 0. The molecule has 1 aromatic carbocycles. The van der Waals surface area contributed by atoms with Gasteiger partial charge in [-0.25, -0.2) is 4.98 Å². The largest absolute Gasteiger partial charge is 1.00 e. The van der Waals surface area contributed by atoms with Gasteiger partial charge in [-0.3, -0.25) is 0 Å². The molecule has 0 aliphatic rings. The van der Waals surface area contributed by atoms with Crippen LogP contribution in [-0.4, -0.2) is 11.0 Å². The first-order valence-electron chi connectivity index (χ1n) is 3.44. The van der Waals surface area contributed by atoms with Crippen LogP contribution in [0.3, 0.4) is 0 Å². The van der Waals surface area contributed by atoms with Crippen LogP contribution in [0.25, 0.3) is 11.1 Å². The van der Waals surface area contributed by atoms with E-state index in [9.17, 15) is 9.90 Å². The molecule has 0 N–H and O–H groups in total. The van der Waals surface area contributed by atoms with Gasteiger partial charge < -0.3 is 14.3 Å². The minimum atomic E-state index is -1.44. The second kappa shape index (κ2) is 4.31.